The number of nitro groups is 1. The normalized spacial score (nSPS) is 13.2. The van der Waals surface area contributed by atoms with Crippen LogP contribution >= 0.6 is 0 Å². The van der Waals surface area contributed by atoms with Crippen molar-refractivity contribution in [3.63, 3.8) is 0 Å². The van der Waals surface area contributed by atoms with Gasteiger partial charge in [-0.05, 0) is 19.1 Å². The fourth-order valence-electron chi connectivity index (χ4n) is 2.81. The van der Waals surface area contributed by atoms with Crippen molar-refractivity contribution in [3.05, 3.63) is 68.8 Å². The zero-order valence-electron chi connectivity index (χ0n) is 13.1. The first-order chi connectivity index (χ1) is 11.4. The highest BCUT2D eigenvalue weighted by Gasteiger charge is 2.41. The largest absolute Gasteiger partial charge is 0.496 e. The van der Waals surface area contributed by atoms with Gasteiger partial charge < -0.3 is 4.74 Å². The molecular formula is C17H14N2O5. The van der Waals surface area contributed by atoms with Gasteiger partial charge in [0.25, 0.3) is 17.5 Å². The zero-order chi connectivity index (χ0) is 17.4. The van der Waals surface area contributed by atoms with Crippen molar-refractivity contribution in [2.75, 3.05) is 7.11 Å². The van der Waals surface area contributed by atoms with Crippen LogP contribution in [0.2, 0.25) is 0 Å². The lowest BCUT2D eigenvalue weighted by Crippen LogP contribution is -2.29. The van der Waals surface area contributed by atoms with Crippen LogP contribution in [0.4, 0.5) is 5.69 Å². The van der Waals surface area contributed by atoms with Gasteiger partial charge in [0.15, 0.2) is 0 Å². The Hall–Kier alpha value is -3.22. The number of hydrogen-bond donors (Lipinski definition) is 0. The Morgan fingerprint density at radius 2 is 1.92 bits per heavy atom. The number of aryl methyl sites for hydroxylation is 1. The number of methoxy groups -OCH3 is 1. The summed E-state index contributed by atoms with van der Waals surface area (Å²) in [5.41, 5.74) is 1.16. The Balaban J connectivity index is 2.02. The third-order valence-corrected chi connectivity index (χ3v) is 3.94. The second kappa shape index (κ2) is 5.77. The van der Waals surface area contributed by atoms with E-state index in [1.54, 1.807) is 6.07 Å². The Kier molecular flexibility index (Phi) is 3.76. The molecule has 0 atom stereocenters. The monoisotopic (exact) mass is 326 g/mol. The Morgan fingerprint density at radius 1 is 1.17 bits per heavy atom. The van der Waals surface area contributed by atoms with E-state index in [-0.39, 0.29) is 23.4 Å². The lowest BCUT2D eigenvalue weighted by atomic mass is 10.1. The molecule has 7 nitrogen and oxygen atoms in total. The second-order valence-electron chi connectivity index (χ2n) is 5.47. The van der Waals surface area contributed by atoms with Crippen LogP contribution in [-0.4, -0.2) is 28.7 Å². The van der Waals surface area contributed by atoms with Crippen molar-refractivity contribution in [2.45, 2.75) is 13.5 Å². The van der Waals surface area contributed by atoms with Gasteiger partial charge >= 0.3 is 0 Å². The van der Waals surface area contributed by atoms with Crippen molar-refractivity contribution in [1.29, 1.82) is 0 Å². The van der Waals surface area contributed by atoms with E-state index < -0.39 is 16.7 Å². The fourth-order valence-corrected chi connectivity index (χ4v) is 2.81. The van der Waals surface area contributed by atoms with Gasteiger partial charge in [0.05, 0.1) is 24.1 Å². The number of carbonyl (C=O) groups excluding carboxylic acids is 2. The molecular weight excluding hydrogens is 312 g/mol. The summed E-state index contributed by atoms with van der Waals surface area (Å²) >= 11 is 0. The molecule has 122 valence electrons. The lowest BCUT2D eigenvalue weighted by molar-refractivity contribution is -0.385. The maximum absolute atomic E-state index is 12.6. The number of carbonyl (C=O) groups is 2. The molecule has 0 N–H and O–H groups in total. The van der Waals surface area contributed by atoms with Crippen molar-refractivity contribution in [2.24, 2.45) is 0 Å². The van der Waals surface area contributed by atoms with Crippen LogP contribution in [0.25, 0.3) is 0 Å². The molecule has 1 aliphatic heterocycles. The molecule has 0 saturated carbocycles. The van der Waals surface area contributed by atoms with E-state index >= 15 is 0 Å². The van der Waals surface area contributed by atoms with Crippen LogP contribution in [0.5, 0.6) is 5.75 Å². The third kappa shape index (κ3) is 2.40. The average molecular weight is 326 g/mol. The smallest absolute Gasteiger partial charge is 0.282 e. The third-order valence-electron chi connectivity index (χ3n) is 3.94. The number of ether oxygens (including phenoxy) is 1. The maximum Gasteiger partial charge on any atom is 0.282 e. The predicted octanol–water partition coefficient (Wildman–Crippen LogP) is 2.71. The van der Waals surface area contributed by atoms with Crippen LogP contribution in [0.1, 0.15) is 31.8 Å². The number of nitrogens with zero attached hydrogens (tertiary/aromatic N) is 2. The predicted molar refractivity (Wildman–Crippen MR) is 85.0 cm³/mol. The van der Waals surface area contributed by atoms with Gasteiger partial charge in [-0.25, -0.2) is 0 Å². The van der Waals surface area contributed by atoms with E-state index in [4.69, 9.17) is 4.74 Å². The molecule has 0 radical (unpaired) electrons. The molecule has 7 heteroatoms. The highest BCUT2D eigenvalue weighted by molar-refractivity contribution is 6.23. The van der Waals surface area contributed by atoms with E-state index in [0.29, 0.717) is 11.3 Å². The SMILES string of the molecule is COc1ccc(C)cc1CN1C(=O)c2cccc([N+](=O)[O-])c2C1=O. The molecule has 2 aromatic rings. The van der Waals surface area contributed by atoms with Gasteiger partial charge in [0.1, 0.15) is 11.3 Å². The molecule has 0 aliphatic carbocycles. The van der Waals surface area contributed by atoms with E-state index in [1.807, 2.05) is 19.1 Å². The fraction of sp³-hybridized carbons (Fsp3) is 0.176. The molecule has 24 heavy (non-hydrogen) atoms. The van der Waals surface area contributed by atoms with E-state index in [9.17, 15) is 19.7 Å². The van der Waals surface area contributed by atoms with Gasteiger partial charge in [-0.3, -0.25) is 24.6 Å². The van der Waals surface area contributed by atoms with Gasteiger partial charge in [-0.15, -0.1) is 0 Å². The Morgan fingerprint density at radius 3 is 2.58 bits per heavy atom. The summed E-state index contributed by atoms with van der Waals surface area (Å²) in [5.74, 6) is -0.653. The van der Waals surface area contributed by atoms with Crippen LogP contribution in [-0.2, 0) is 6.54 Å². The summed E-state index contributed by atoms with van der Waals surface area (Å²) in [6, 6.07) is 9.48. The van der Waals surface area contributed by atoms with Crippen LogP contribution in [0.3, 0.4) is 0 Å². The number of hydrogen-bond acceptors (Lipinski definition) is 5. The molecule has 1 aliphatic rings. The Labute approximate surface area is 137 Å². The molecule has 0 fully saturated rings. The number of benzene rings is 2. The highest BCUT2D eigenvalue weighted by Crippen LogP contribution is 2.32. The van der Waals surface area contributed by atoms with E-state index in [1.165, 1.54) is 25.3 Å². The van der Waals surface area contributed by atoms with Crippen molar-refractivity contribution in [3.8, 4) is 5.75 Å². The molecule has 0 saturated heterocycles. The minimum absolute atomic E-state index is 0.00560. The first-order valence-corrected chi connectivity index (χ1v) is 7.21. The minimum Gasteiger partial charge on any atom is -0.496 e. The topological polar surface area (TPSA) is 89.8 Å². The summed E-state index contributed by atoms with van der Waals surface area (Å²) in [6.07, 6.45) is 0. The summed E-state index contributed by atoms with van der Waals surface area (Å²) in [4.78, 5) is 36.6. The summed E-state index contributed by atoms with van der Waals surface area (Å²) in [6.45, 7) is 1.88. The lowest BCUT2D eigenvalue weighted by Gasteiger charge is -2.16. The van der Waals surface area contributed by atoms with Crippen molar-refractivity contribution >= 4 is 17.5 Å². The standard InChI is InChI=1S/C17H14N2O5/c1-10-6-7-14(24-2)11(8-10)9-18-16(20)12-4-3-5-13(19(22)23)15(12)17(18)21/h3-8H,9H2,1-2H3. The number of fused-ring (bicyclic) bond motifs is 1. The van der Waals surface area contributed by atoms with Crippen molar-refractivity contribution < 1.29 is 19.2 Å². The average Bonchev–Trinajstić information content (AvgIpc) is 2.80. The van der Waals surface area contributed by atoms with Gasteiger partial charge in [-0.2, -0.15) is 0 Å². The zero-order valence-corrected chi connectivity index (χ0v) is 13.1. The van der Waals surface area contributed by atoms with Crippen LogP contribution < -0.4 is 4.74 Å². The molecule has 3 rings (SSSR count). The van der Waals surface area contributed by atoms with E-state index in [2.05, 4.69) is 0 Å². The maximum atomic E-state index is 12.6. The quantitative estimate of drug-likeness (QED) is 0.489. The number of amides is 2. The highest BCUT2D eigenvalue weighted by atomic mass is 16.6. The summed E-state index contributed by atoms with van der Waals surface area (Å²) < 4.78 is 5.26. The molecule has 0 aromatic heterocycles. The van der Waals surface area contributed by atoms with Crippen molar-refractivity contribution in [1.82, 2.24) is 4.90 Å². The van der Waals surface area contributed by atoms with Crippen LogP contribution in [0, 0.1) is 17.0 Å². The number of imide groups is 1. The van der Waals surface area contributed by atoms with E-state index in [0.717, 1.165) is 10.5 Å². The molecule has 0 bridgehead atoms. The summed E-state index contributed by atoms with van der Waals surface area (Å²) in [7, 11) is 1.50. The minimum atomic E-state index is -0.661. The van der Waals surface area contributed by atoms with Crippen LogP contribution in [0.15, 0.2) is 36.4 Å². The van der Waals surface area contributed by atoms with Gasteiger partial charge in [0, 0.05) is 11.6 Å². The second-order valence-corrected chi connectivity index (χ2v) is 5.47. The number of nitro benzene ring substituents is 1. The first kappa shape index (κ1) is 15.7. The molecule has 0 unspecified atom stereocenters. The molecule has 2 amide bonds. The molecule has 0 spiro atoms. The summed E-state index contributed by atoms with van der Waals surface area (Å²) in [5, 5.41) is 11.1. The molecule has 1 heterocycles. The van der Waals surface area contributed by atoms with Gasteiger partial charge in [0.2, 0.25) is 0 Å². The van der Waals surface area contributed by atoms with Gasteiger partial charge in [-0.1, -0.05) is 23.8 Å². The first-order valence-electron chi connectivity index (χ1n) is 7.21. The molecule has 2 aromatic carbocycles. The number of rotatable bonds is 4. The Bertz CT molecular complexity index is 875.